The molecule has 0 aliphatic carbocycles. The minimum atomic E-state index is -0.246. The average Bonchev–Trinajstić information content (AvgIpc) is 3.21. The van der Waals surface area contributed by atoms with E-state index in [4.69, 9.17) is 4.74 Å². The lowest BCUT2D eigenvalue weighted by molar-refractivity contribution is -0.116. The maximum Gasteiger partial charge on any atom is 0.254 e. The van der Waals surface area contributed by atoms with Crippen LogP contribution in [0.5, 0.6) is 5.75 Å². The van der Waals surface area contributed by atoms with Crippen LogP contribution >= 0.6 is 11.3 Å². The zero-order valence-corrected chi connectivity index (χ0v) is 16.7. The summed E-state index contributed by atoms with van der Waals surface area (Å²) < 4.78 is 5.75. The SMILES string of the molecule is Cc1ccc(NC(=O)CN(C)C(=O)c2cccc(OCc3cccs3)c2)cc1. The van der Waals surface area contributed by atoms with Gasteiger partial charge in [-0.15, -0.1) is 11.3 Å². The summed E-state index contributed by atoms with van der Waals surface area (Å²) in [4.78, 5) is 27.4. The van der Waals surface area contributed by atoms with E-state index in [9.17, 15) is 9.59 Å². The lowest BCUT2D eigenvalue weighted by Crippen LogP contribution is -2.34. The fourth-order valence-electron chi connectivity index (χ4n) is 2.61. The molecular formula is C22H22N2O3S. The number of nitrogens with zero attached hydrogens (tertiary/aromatic N) is 1. The maximum atomic E-state index is 12.7. The summed E-state index contributed by atoms with van der Waals surface area (Å²) in [5.41, 5.74) is 2.31. The second-order valence-corrected chi connectivity index (χ2v) is 7.50. The number of amides is 2. The Morgan fingerprint density at radius 1 is 1.07 bits per heavy atom. The maximum absolute atomic E-state index is 12.7. The van der Waals surface area contributed by atoms with E-state index in [2.05, 4.69) is 5.32 Å². The van der Waals surface area contributed by atoms with E-state index in [1.165, 1.54) is 4.90 Å². The fourth-order valence-corrected chi connectivity index (χ4v) is 3.23. The number of anilines is 1. The summed E-state index contributed by atoms with van der Waals surface area (Å²) in [6.45, 7) is 2.41. The van der Waals surface area contributed by atoms with E-state index >= 15 is 0 Å². The van der Waals surface area contributed by atoms with Gasteiger partial charge in [-0.3, -0.25) is 9.59 Å². The van der Waals surface area contributed by atoms with Crippen LogP contribution in [0.1, 0.15) is 20.8 Å². The number of ether oxygens (including phenoxy) is 1. The molecule has 5 nitrogen and oxygen atoms in total. The van der Waals surface area contributed by atoms with Crippen molar-refractivity contribution in [3.05, 3.63) is 82.0 Å². The first-order valence-electron chi connectivity index (χ1n) is 8.88. The van der Waals surface area contributed by atoms with Crippen LogP contribution in [0.4, 0.5) is 5.69 Å². The van der Waals surface area contributed by atoms with Gasteiger partial charge in [-0.05, 0) is 48.7 Å². The van der Waals surface area contributed by atoms with Gasteiger partial charge in [-0.25, -0.2) is 0 Å². The Bertz CT molecular complexity index is 937. The highest BCUT2D eigenvalue weighted by Gasteiger charge is 2.16. The summed E-state index contributed by atoms with van der Waals surface area (Å²) in [7, 11) is 1.61. The van der Waals surface area contributed by atoms with Gasteiger partial charge in [0, 0.05) is 23.2 Å². The van der Waals surface area contributed by atoms with Crippen LogP contribution in [0.3, 0.4) is 0 Å². The molecule has 28 heavy (non-hydrogen) atoms. The predicted octanol–water partition coefficient (Wildman–Crippen LogP) is 4.35. The molecule has 2 aromatic carbocycles. The van der Waals surface area contributed by atoms with Gasteiger partial charge < -0.3 is 15.0 Å². The molecule has 1 heterocycles. The van der Waals surface area contributed by atoms with Crippen molar-refractivity contribution in [1.82, 2.24) is 4.90 Å². The normalized spacial score (nSPS) is 10.4. The Hall–Kier alpha value is -3.12. The molecule has 0 unspecified atom stereocenters. The molecule has 6 heteroatoms. The third-order valence-corrected chi connectivity index (χ3v) is 4.95. The van der Waals surface area contributed by atoms with Gasteiger partial charge in [0.15, 0.2) is 0 Å². The number of hydrogen-bond donors (Lipinski definition) is 1. The van der Waals surface area contributed by atoms with Crippen LogP contribution in [-0.4, -0.2) is 30.3 Å². The van der Waals surface area contributed by atoms with Gasteiger partial charge in [-0.2, -0.15) is 0 Å². The van der Waals surface area contributed by atoms with Crippen molar-refractivity contribution < 1.29 is 14.3 Å². The Morgan fingerprint density at radius 2 is 1.86 bits per heavy atom. The molecule has 0 bridgehead atoms. The predicted molar refractivity (Wildman–Crippen MR) is 112 cm³/mol. The van der Waals surface area contributed by atoms with Crippen LogP contribution in [0, 0.1) is 6.92 Å². The highest BCUT2D eigenvalue weighted by molar-refractivity contribution is 7.09. The molecule has 3 aromatic rings. The van der Waals surface area contributed by atoms with E-state index in [0.717, 1.165) is 10.4 Å². The minimum Gasteiger partial charge on any atom is -0.488 e. The third kappa shape index (κ3) is 5.44. The van der Waals surface area contributed by atoms with Crippen molar-refractivity contribution in [3.63, 3.8) is 0 Å². The first kappa shape index (κ1) is 19.6. The summed E-state index contributed by atoms with van der Waals surface area (Å²) in [6, 6.07) is 18.5. The van der Waals surface area contributed by atoms with E-state index in [-0.39, 0.29) is 18.4 Å². The zero-order chi connectivity index (χ0) is 19.9. The van der Waals surface area contributed by atoms with Gasteiger partial charge in [0.2, 0.25) is 5.91 Å². The van der Waals surface area contributed by atoms with Crippen LogP contribution in [0.25, 0.3) is 0 Å². The molecule has 0 radical (unpaired) electrons. The van der Waals surface area contributed by atoms with Crippen LogP contribution in [-0.2, 0) is 11.4 Å². The molecule has 0 atom stereocenters. The molecule has 1 N–H and O–H groups in total. The van der Waals surface area contributed by atoms with E-state index in [0.29, 0.717) is 23.6 Å². The lowest BCUT2D eigenvalue weighted by Gasteiger charge is -2.17. The molecule has 0 spiro atoms. The van der Waals surface area contributed by atoms with Crippen molar-refractivity contribution in [1.29, 1.82) is 0 Å². The lowest BCUT2D eigenvalue weighted by atomic mass is 10.2. The largest absolute Gasteiger partial charge is 0.488 e. The molecule has 0 aliphatic heterocycles. The first-order chi connectivity index (χ1) is 13.5. The van der Waals surface area contributed by atoms with Crippen molar-refractivity contribution in [2.75, 3.05) is 18.9 Å². The van der Waals surface area contributed by atoms with E-state index in [1.54, 1.807) is 36.6 Å². The Labute approximate surface area is 168 Å². The molecule has 0 fully saturated rings. The monoisotopic (exact) mass is 394 g/mol. The number of likely N-dealkylation sites (N-methyl/N-ethyl adjacent to an activating group) is 1. The molecule has 2 amide bonds. The summed E-state index contributed by atoms with van der Waals surface area (Å²) in [5.74, 6) is 0.141. The molecule has 1 aromatic heterocycles. The summed E-state index contributed by atoms with van der Waals surface area (Å²) in [5, 5.41) is 4.79. The second-order valence-electron chi connectivity index (χ2n) is 6.47. The molecular weight excluding hydrogens is 372 g/mol. The average molecular weight is 394 g/mol. The fraction of sp³-hybridized carbons (Fsp3) is 0.182. The van der Waals surface area contributed by atoms with Crippen LogP contribution < -0.4 is 10.1 Å². The molecule has 3 rings (SSSR count). The number of benzene rings is 2. The molecule has 0 saturated heterocycles. The number of aryl methyl sites for hydroxylation is 1. The molecule has 0 saturated carbocycles. The van der Waals surface area contributed by atoms with Crippen molar-refractivity contribution in [3.8, 4) is 5.75 Å². The van der Waals surface area contributed by atoms with Gasteiger partial charge >= 0.3 is 0 Å². The summed E-state index contributed by atoms with van der Waals surface area (Å²) >= 11 is 1.62. The molecule has 0 aliphatic rings. The third-order valence-electron chi connectivity index (χ3n) is 4.10. The van der Waals surface area contributed by atoms with Crippen LogP contribution in [0.2, 0.25) is 0 Å². The first-order valence-corrected chi connectivity index (χ1v) is 9.76. The summed E-state index contributed by atoms with van der Waals surface area (Å²) in [6.07, 6.45) is 0. The van der Waals surface area contributed by atoms with Gasteiger partial charge in [0.25, 0.3) is 5.91 Å². The Morgan fingerprint density at radius 3 is 2.57 bits per heavy atom. The highest BCUT2D eigenvalue weighted by atomic mass is 32.1. The van der Waals surface area contributed by atoms with Gasteiger partial charge in [0.05, 0.1) is 6.54 Å². The van der Waals surface area contributed by atoms with Crippen LogP contribution in [0.15, 0.2) is 66.0 Å². The Balaban J connectivity index is 1.57. The van der Waals surface area contributed by atoms with Crippen molar-refractivity contribution in [2.45, 2.75) is 13.5 Å². The Kier molecular flexibility index (Phi) is 6.45. The topological polar surface area (TPSA) is 58.6 Å². The smallest absolute Gasteiger partial charge is 0.254 e. The highest BCUT2D eigenvalue weighted by Crippen LogP contribution is 2.18. The quantitative estimate of drug-likeness (QED) is 0.648. The van der Waals surface area contributed by atoms with E-state index in [1.807, 2.05) is 54.8 Å². The van der Waals surface area contributed by atoms with Gasteiger partial charge in [-0.1, -0.05) is 29.8 Å². The van der Waals surface area contributed by atoms with E-state index < -0.39 is 0 Å². The second kappa shape index (κ2) is 9.19. The zero-order valence-electron chi connectivity index (χ0n) is 15.8. The number of carbonyl (C=O) groups is 2. The number of rotatable bonds is 7. The molecule has 144 valence electrons. The number of thiophene rings is 1. The minimum absolute atomic E-state index is 0.0347. The number of nitrogens with one attached hydrogen (secondary N) is 1. The number of hydrogen-bond acceptors (Lipinski definition) is 4. The van der Waals surface area contributed by atoms with Crippen molar-refractivity contribution >= 4 is 28.8 Å². The number of carbonyl (C=O) groups excluding carboxylic acids is 2. The van der Waals surface area contributed by atoms with Crippen molar-refractivity contribution in [2.24, 2.45) is 0 Å². The standard InChI is InChI=1S/C22H22N2O3S/c1-16-8-10-18(11-9-16)23-21(25)14-24(2)22(26)17-5-3-6-19(13-17)27-15-20-7-4-12-28-20/h3-13H,14-15H2,1-2H3,(H,23,25). The van der Waals surface area contributed by atoms with Gasteiger partial charge in [0.1, 0.15) is 12.4 Å².